The second-order valence-electron chi connectivity index (χ2n) is 7.27. The van der Waals surface area contributed by atoms with Gasteiger partial charge in [-0.2, -0.15) is 0 Å². The molecule has 0 radical (unpaired) electrons. The predicted molar refractivity (Wildman–Crippen MR) is 115 cm³/mol. The predicted octanol–water partition coefficient (Wildman–Crippen LogP) is 0.452. The Labute approximate surface area is 185 Å². The molecule has 2 heterocycles. The Morgan fingerprint density at radius 1 is 1.09 bits per heavy atom. The third-order valence-corrected chi connectivity index (χ3v) is 6.70. The summed E-state index contributed by atoms with van der Waals surface area (Å²) in [6, 6.07) is 7.30. The molecule has 170 valence electrons. The molecular weight excluding hydrogens is 436 g/mol. The van der Waals surface area contributed by atoms with Crippen LogP contribution in [0.1, 0.15) is 23.2 Å². The molecule has 1 aliphatic heterocycles. The molecule has 2 amide bonds. The molecule has 1 atom stereocenters. The summed E-state index contributed by atoms with van der Waals surface area (Å²) in [4.78, 5) is 47.0. The monoisotopic (exact) mass is 460 g/mol. The van der Waals surface area contributed by atoms with Crippen molar-refractivity contribution in [1.82, 2.24) is 20.2 Å². The number of nitrogens with one attached hydrogen (secondary N) is 1. The zero-order chi connectivity index (χ0) is 23.1. The number of carbonyl (C=O) groups is 3. The maximum atomic E-state index is 13.0. The minimum absolute atomic E-state index is 0.0381. The summed E-state index contributed by atoms with van der Waals surface area (Å²) in [6.45, 7) is 0.106. The van der Waals surface area contributed by atoms with Gasteiger partial charge in [-0.3, -0.25) is 14.4 Å². The average Bonchev–Trinajstić information content (AvgIpc) is 2.81. The Kier molecular flexibility index (Phi) is 7.52. The van der Waals surface area contributed by atoms with Crippen molar-refractivity contribution in [2.24, 2.45) is 0 Å². The van der Waals surface area contributed by atoms with Gasteiger partial charge in [0.2, 0.25) is 5.91 Å². The summed E-state index contributed by atoms with van der Waals surface area (Å²) >= 11 is 0. The van der Waals surface area contributed by atoms with E-state index >= 15 is 0 Å². The molecule has 0 bridgehead atoms. The largest absolute Gasteiger partial charge is 0.469 e. The van der Waals surface area contributed by atoms with Crippen molar-refractivity contribution < 1.29 is 27.5 Å². The maximum Gasteiger partial charge on any atom is 0.305 e. The smallest absolute Gasteiger partial charge is 0.305 e. The number of sulfone groups is 1. The molecule has 0 unspecified atom stereocenters. The fraction of sp³-hybridized carbons (Fsp3) is 0.381. The lowest BCUT2D eigenvalue weighted by molar-refractivity contribution is -0.141. The normalized spacial score (nSPS) is 16.1. The minimum Gasteiger partial charge on any atom is -0.469 e. The molecule has 1 fully saturated rings. The molecule has 32 heavy (non-hydrogen) atoms. The van der Waals surface area contributed by atoms with Crippen LogP contribution in [0.25, 0.3) is 11.4 Å². The number of ether oxygens (including phenoxy) is 1. The molecule has 1 aromatic carbocycles. The Balaban J connectivity index is 1.71. The standard InChI is InChI=1S/C21H24N4O6S/c1-31-18(26)8-7-17(21(28)25-11-13-32(29,30)14-12-25)24-20(27)16-5-3-15(4-6-16)19-22-9-2-10-23-19/h2-6,9-10,17H,7-8,11-14H2,1H3,(H,24,27)/t17-/m0/s1. The van der Waals surface area contributed by atoms with E-state index in [4.69, 9.17) is 0 Å². The molecule has 1 aliphatic rings. The fourth-order valence-electron chi connectivity index (χ4n) is 3.24. The summed E-state index contributed by atoms with van der Waals surface area (Å²) in [5.41, 5.74) is 1.05. The zero-order valence-electron chi connectivity index (χ0n) is 17.6. The van der Waals surface area contributed by atoms with Gasteiger partial charge in [0.15, 0.2) is 15.7 Å². The van der Waals surface area contributed by atoms with Crippen LogP contribution in [0.2, 0.25) is 0 Å². The average molecular weight is 461 g/mol. The second kappa shape index (κ2) is 10.3. The van der Waals surface area contributed by atoms with E-state index in [0.29, 0.717) is 11.4 Å². The number of nitrogens with zero attached hydrogens (tertiary/aromatic N) is 3. The molecule has 1 N–H and O–H groups in total. The molecule has 1 saturated heterocycles. The van der Waals surface area contributed by atoms with Crippen LogP contribution in [0, 0.1) is 0 Å². The number of esters is 1. The van der Waals surface area contributed by atoms with E-state index < -0.39 is 33.7 Å². The van der Waals surface area contributed by atoms with Gasteiger partial charge in [0.05, 0.1) is 18.6 Å². The molecule has 11 heteroatoms. The second-order valence-corrected chi connectivity index (χ2v) is 9.57. The van der Waals surface area contributed by atoms with E-state index in [0.717, 1.165) is 5.56 Å². The van der Waals surface area contributed by atoms with Crippen LogP contribution >= 0.6 is 0 Å². The Bertz CT molecular complexity index is 1060. The minimum atomic E-state index is -3.16. The van der Waals surface area contributed by atoms with E-state index in [9.17, 15) is 22.8 Å². The highest BCUT2D eigenvalue weighted by atomic mass is 32.2. The van der Waals surface area contributed by atoms with Crippen molar-refractivity contribution in [1.29, 1.82) is 0 Å². The molecular formula is C21H24N4O6S. The third-order valence-electron chi connectivity index (χ3n) is 5.10. The molecule has 10 nitrogen and oxygen atoms in total. The lowest BCUT2D eigenvalue weighted by Crippen LogP contribution is -2.53. The Morgan fingerprint density at radius 3 is 2.31 bits per heavy atom. The highest BCUT2D eigenvalue weighted by Crippen LogP contribution is 2.15. The topological polar surface area (TPSA) is 136 Å². The molecule has 0 spiro atoms. The van der Waals surface area contributed by atoms with E-state index in [1.807, 2.05) is 0 Å². The van der Waals surface area contributed by atoms with Gasteiger partial charge in [-0.05, 0) is 24.6 Å². The molecule has 3 rings (SSSR count). The number of aromatic nitrogens is 2. The van der Waals surface area contributed by atoms with Gasteiger partial charge < -0.3 is 15.0 Å². The van der Waals surface area contributed by atoms with Gasteiger partial charge in [0.1, 0.15) is 6.04 Å². The first kappa shape index (κ1) is 23.3. The summed E-state index contributed by atoms with van der Waals surface area (Å²) in [5.74, 6) is -1.15. The van der Waals surface area contributed by atoms with Gasteiger partial charge in [-0.1, -0.05) is 12.1 Å². The number of amides is 2. The summed E-state index contributed by atoms with van der Waals surface area (Å²) in [7, 11) is -1.92. The van der Waals surface area contributed by atoms with Gasteiger partial charge in [-0.15, -0.1) is 0 Å². The number of carbonyl (C=O) groups excluding carboxylic acids is 3. The summed E-state index contributed by atoms with van der Waals surface area (Å²) < 4.78 is 27.9. The van der Waals surface area contributed by atoms with Crippen LogP contribution in [0.15, 0.2) is 42.7 Å². The third kappa shape index (κ3) is 6.10. The zero-order valence-corrected chi connectivity index (χ0v) is 18.4. The number of hydrogen-bond acceptors (Lipinski definition) is 8. The maximum absolute atomic E-state index is 13.0. The van der Waals surface area contributed by atoms with Gasteiger partial charge in [0.25, 0.3) is 5.91 Å². The first-order valence-corrected chi connectivity index (χ1v) is 11.9. The lowest BCUT2D eigenvalue weighted by Gasteiger charge is -2.30. The van der Waals surface area contributed by atoms with Gasteiger partial charge in [-0.25, -0.2) is 18.4 Å². The van der Waals surface area contributed by atoms with Crippen molar-refractivity contribution in [3.8, 4) is 11.4 Å². The lowest BCUT2D eigenvalue weighted by atomic mass is 10.1. The van der Waals surface area contributed by atoms with E-state index in [1.54, 1.807) is 42.7 Å². The van der Waals surface area contributed by atoms with Crippen LogP contribution in [-0.4, -0.2) is 78.8 Å². The Hall–Kier alpha value is -3.34. The van der Waals surface area contributed by atoms with Crippen molar-refractivity contribution in [3.63, 3.8) is 0 Å². The molecule has 1 aromatic heterocycles. The highest BCUT2D eigenvalue weighted by molar-refractivity contribution is 7.91. The van der Waals surface area contributed by atoms with Gasteiger partial charge >= 0.3 is 5.97 Å². The highest BCUT2D eigenvalue weighted by Gasteiger charge is 2.31. The van der Waals surface area contributed by atoms with Crippen LogP contribution in [0.5, 0.6) is 0 Å². The number of hydrogen-bond donors (Lipinski definition) is 1. The van der Waals surface area contributed by atoms with Crippen LogP contribution in [0.3, 0.4) is 0 Å². The van der Waals surface area contributed by atoms with Crippen LogP contribution in [0.4, 0.5) is 0 Å². The van der Waals surface area contributed by atoms with E-state index in [2.05, 4.69) is 20.0 Å². The van der Waals surface area contributed by atoms with Crippen molar-refractivity contribution >= 4 is 27.6 Å². The van der Waals surface area contributed by atoms with E-state index in [-0.39, 0.29) is 37.4 Å². The number of benzene rings is 1. The summed E-state index contributed by atoms with van der Waals surface area (Å²) in [5, 5.41) is 2.67. The SMILES string of the molecule is COC(=O)CC[C@H](NC(=O)c1ccc(-c2ncccn2)cc1)C(=O)N1CCS(=O)(=O)CC1. The first-order valence-electron chi connectivity index (χ1n) is 10.0. The van der Waals surface area contributed by atoms with Gasteiger partial charge in [0, 0.05) is 43.0 Å². The molecule has 0 saturated carbocycles. The Morgan fingerprint density at radius 2 is 1.72 bits per heavy atom. The quantitative estimate of drug-likeness (QED) is 0.589. The van der Waals surface area contributed by atoms with Crippen LogP contribution < -0.4 is 5.32 Å². The van der Waals surface area contributed by atoms with Crippen molar-refractivity contribution in [2.45, 2.75) is 18.9 Å². The summed E-state index contributed by atoms with van der Waals surface area (Å²) in [6.07, 6.45) is 3.21. The molecule has 2 aromatic rings. The fourth-order valence-corrected chi connectivity index (χ4v) is 4.44. The van der Waals surface area contributed by atoms with Crippen molar-refractivity contribution in [2.75, 3.05) is 31.7 Å². The first-order chi connectivity index (χ1) is 15.3. The number of rotatable bonds is 7. The number of methoxy groups -OCH3 is 1. The van der Waals surface area contributed by atoms with Crippen LogP contribution in [-0.2, 0) is 24.2 Å². The van der Waals surface area contributed by atoms with Crippen molar-refractivity contribution in [3.05, 3.63) is 48.3 Å². The molecule has 0 aliphatic carbocycles. The van der Waals surface area contributed by atoms with E-state index in [1.165, 1.54) is 12.0 Å².